The first kappa shape index (κ1) is 13.7. The average Bonchev–Trinajstić information content (AvgIpc) is 2.62. The van der Waals surface area contributed by atoms with E-state index in [9.17, 15) is 0 Å². The minimum atomic E-state index is 0.510. The molecule has 112 valence electrons. The molecular formula is C20H22N2. The lowest BCUT2D eigenvalue weighted by atomic mass is 9.84. The molecule has 3 heterocycles. The van der Waals surface area contributed by atoms with Gasteiger partial charge in [-0.15, -0.1) is 0 Å². The Hall–Kier alpha value is -1.93. The summed E-state index contributed by atoms with van der Waals surface area (Å²) in [6, 6.07) is 19.7. The maximum atomic E-state index is 4.87. The zero-order valence-corrected chi connectivity index (χ0v) is 12.9. The number of fused-ring (bicyclic) bond motifs is 3. The second-order valence-electron chi connectivity index (χ2n) is 6.47. The number of hydrogen-bond acceptors (Lipinski definition) is 2. The Morgan fingerprint density at radius 2 is 1.55 bits per heavy atom. The van der Waals surface area contributed by atoms with E-state index < -0.39 is 0 Å². The quantitative estimate of drug-likeness (QED) is 0.784. The molecule has 1 unspecified atom stereocenters. The summed E-state index contributed by atoms with van der Waals surface area (Å²) < 4.78 is 0. The van der Waals surface area contributed by atoms with Crippen molar-refractivity contribution in [3.05, 3.63) is 60.2 Å². The van der Waals surface area contributed by atoms with Crippen LogP contribution in [-0.2, 0) is 0 Å². The van der Waals surface area contributed by atoms with Crippen LogP contribution in [0.5, 0.6) is 0 Å². The molecule has 0 amide bonds. The maximum Gasteiger partial charge on any atom is 0.0655 e. The minimum absolute atomic E-state index is 0.510. The summed E-state index contributed by atoms with van der Waals surface area (Å²) in [6.45, 7) is 3.72. The van der Waals surface area contributed by atoms with Crippen LogP contribution < -0.4 is 0 Å². The van der Waals surface area contributed by atoms with E-state index in [0.29, 0.717) is 6.04 Å². The molecule has 0 spiro atoms. The molecule has 0 saturated carbocycles. The highest BCUT2D eigenvalue weighted by molar-refractivity contribution is 5.81. The molecule has 2 nitrogen and oxygen atoms in total. The Bertz CT molecular complexity index is 637. The van der Waals surface area contributed by atoms with Gasteiger partial charge in [0.25, 0.3) is 0 Å². The van der Waals surface area contributed by atoms with E-state index in [0.717, 1.165) is 12.5 Å². The third-order valence-corrected chi connectivity index (χ3v) is 5.05. The van der Waals surface area contributed by atoms with Crippen molar-refractivity contribution in [1.29, 1.82) is 0 Å². The minimum Gasteiger partial charge on any atom is -0.301 e. The molecule has 0 aliphatic carbocycles. The largest absolute Gasteiger partial charge is 0.301 e. The molecule has 2 aromatic rings. The number of hydrogen-bond donors (Lipinski definition) is 0. The Balaban J connectivity index is 1.46. The van der Waals surface area contributed by atoms with Gasteiger partial charge in [0.15, 0.2) is 0 Å². The van der Waals surface area contributed by atoms with Crippen molar-refractivity contribution in [2.45, 2.75) is 18.9 Å². The molecule has 3 fully saturated rings. The van der Waals surface area contributed by atoms with Gasteiger partial charge in [0.2, 0.25) is 0 Å². The highest BCUT2D eigenvalue weighted by Crippen LogP contribution is 2.29. The van der Waals surface area contributed by atoms with Gasteiger partial charge in [-0.2, -0.15) is 0 Å². The predicted octanol–water partition coefficient (Wildman–Crippen LogP) is 3.87. The molecule has 22 heavy (non-hydrogen) atoms. The number of rotatable bonds is 3. The molecule has 5 rings (SSSR count). The molecule has 2 aromatic carbocycles. The monoisotopic (exact) mass is 290 g/mol. The summed E-state index contributed by atoms with van der Waals surface area (Å²) >= 11 is 0. The van der Waals surface area contributed by atoms with Gasteiger partial charge in [-0.1, -0.05) is 54.6 Å². The lowest BCUT2D eigenvalue weighted by molar-refractivity contribution is 0.0908. The molecule has 1 atom stereocenters. The topological polar surface area (TPSA) is 15.6 Å². The van der Waals surface area contributed by atoms with Gasteiger partial charge < -0.3 is 4.90 Å². The fraction of sp³-hybridized carbons (Fsp3) is 0.350. The second-order valence-corrected chi connectivity index (χ2v) is 6.47. The lowest BCUT2D eigenvalue weighted by Crippen LogP contribution is -2.49. The summed E-state index contributed by atoms with van der Waals surface area (Å²) in [6.07, 6.45) is 4.73. The third-order valence-electron chi connectivity index (χ3n) is 5.05. The summed E-state index contributed by atoms with van der Waals surface area (Å²) in [4.78, 5) is 7.43. The Kier molecular flexibility index (Phi) is 3.77. The van der Waals surface area contributed by atoms with Crippen LogP contribution in [0.15, 0.2) is 59.6 Å². The molecule has 3 saturated heterocycles. The first-order chi connectivity index (χ1) is 10.9. The predicted molar refractivity (Wildman–Crippen MR) is 92.4 cm³/mol. The second kappa shape index (κ2) is 6.05. The van der Waals surface area contributed by atoms with Crippen LogP contribution in [0.1, 0.15) is 18.4 Å². The van der Waals surface area contributed by atoms with Crippen molar-refractivity contribution >= 4 is 6.21 Å². The normalized spacial score (nSPS) is 27.4. The number of piperidine rings is 3. The molecule has 2 heteroatoms. The van der Waals surface area contributed by atoms with Crippen LogP contribution in [-0.4, -0.2) is 36.8 Å². The van der Waals surface area contributed by atoms with E-state index in [-0.39, 0.29) is 0 Å². The van der Waals surface area contributed by atoms with E-state index >= 15 is 0 Å². The maximum absolute atomic E-state index is 4.87. The van der Waals surface area contributed by atoms with Crippen molar-refractivity contribution in [2.24, 2.45) is 10.9 Å². The smallest absolute Gasteiger partial charge is 0.0655 e. The molecule has 0 aromatic heterocycles. The van der Waals surface area contributed by atoms with Gasteiger partial charge in [-0.05, 0) is 48.5 Å². The van der Waals surface area contributed by atoms with Crippen LogP contribution in [0.4, 0.5) is 0 Å². The van der Waals surface area contributed by atoms with Crippen molar-refractivity contribution in [1.82, 2.24) is 4.90 Å². The van der Waals surface area contributed by atoms with Gasteiger partial charge in [-0.25, -0.2) is 0 Å². The standard InChI is InChI=1S/C20H22N2/c1-2-4-17(5-3-1)18-8-6-16(7-9-18)14-21-20-15-22-12-10-19(20)11-13-22/h1-9,14,19-20H,10-13,15H2. The molecular weight excluding hydrogens is 268 g/mol. The molecule has 2 bridgehead atoms. The summed E-state index contributed by atoms with van der Waals surface area (Å²) in [5.74, 6) is 0.810. The van der Waals surface area contributed by atoms with Crippen LogP contribution in [0.25, 0.3) is 11.1 Å². The summed E-state index contributed by atoms with van der Waals surface area (Å²) in [5, 5.41) is 0. The fourth-order valence-corrected chi connectivity index (χ4v) is 3.68. The van der Waals surface area contributed by atoms with Crippen molar-refractivity contribution in [3.63, 3.8) is 0 Å². The van der Waals surface area contributed by atoms with E-state index in [1.807, 2.05) is 0 Å². The zero-order chi connectivity index (χ0) is 14.8. The molecule has 3 aliphatic heterocycles. The number of aliphatic imine (C=N–C) groups is 1. The van der Waals surface area contributed by atoms with E-state index in [2.05, 4.69) is 65.7 Å². The van der Waals surface area contributed by atoms with Gasteiger partial charge in [0, 0.05) is 12.8 Å². The number of benzene rings is 2. The lowest BCUT2D eigenvalue weighted by Gasteiger charge is -2.43. The van der Waals surface area contributed by atoms with Crippen LogP contribution in [0, 0.1) is 5.92 Å². The van der Waals surface area contributed by atoms with Crippen LogP contribution in [0.2, 0.25) is 0 Å². The van der Waals surface area contributed by atoms with Crippen molar-refractivity contribution in [3.8, 4) is 11.1 Å². The third kappa shape index (κ3) is 2.84. The number of nitrogens with zero attached hydrogens (tertiary/aromatic N) is 2. The van der Waals surface area contributed by atoms with Gasteiger partial charge in [0.05, 0.1) is 6.04 Å². The molecule has 0 radical (unpaired) electrons. The first-order valence-electron chi connectivity index (χ1n) is 8.29. The molecule has 3 aliphatic rings. The Labute approximate surface area is 132 Å². The Morgan fingerprint density at radius 1 is 0.864 bits per heavy atom. The average molecular weight is 290 g/mol. The van der Waals surface area contributed by atoms with E-state index in [1.54, 1.807) is 0 Å². The Morgan fingerprint density at radius 3 is 2.18 bits per heavy atom. The van der Waals surface area contributed by atoms with Gasteiger partial charge in [0.1, 0.15) is 0 Å². The van der Waals surface area contributed by atoms with Crippen molar-refractivity contribution < 1.29 is 0 Å². The first-order valence-corrected chi connectivity index (χ1v) is 8.29. The highest BCUT2D eigenvalue weighted by atomic mass is 15.2. The van der Waals surface area contributed by atoms with E-state index in [1.165, 1.54) is 42.6 Å². The van der Waals surface area contributed by atoms with Crippen molar-refractivity contribution in [2.75, 3.05) is 19.6 Å². The zero-order valence-electron chi connectivity index (χ0n) is 12.9. The van der Waals surface area contributed by atoms with E-state index in [4.69, 9.17) is 4.99 Å². The fourth-order valence-electron chi connectivity index (χ4n) is 3.68. The summed E-state index contributed by atoms with van der Waals surface area (Å²) in [7, 11) is 0. The van der Waals surface area contributed by atoms with Gasteiger partial charge >= 0.3 is 0 Å². The molecule has 0 N–H and O–H groups in total. The SMILES string of the molecule is C(=NC1CN2CCC1CC2)c1ccc(-c2ccccc2)cc1. The van der Waals surface area contributed by atoms with Gasteiger partial charge in [-0.3, -0.25) is 4.99 Å². The van der Waals surface area contributed by atoms with Crippen LogP contribution >= 0.6 is 0 Å². The highest BCUT2D eigenvalue weighted by Gasteiger charge is 2.33. The van der Waals surface area contributed by atoms with Crippen LogP contribution in [0.3, 0.4) is 0 Å². The summed E-state index contributed by atoms with van der Waals surface area (Å²) in [5.41, 5.74) is 3.74.